The molecule has 0 bridgehead atoms. The minimum atomic E-state index is -0.312. The van der Waals surface area contributed by atoms with Crippen molar-refractivity contribution in [3.05, 3.63) is 27.8 Å². The number of rotatable bonds is 0. The molecule has 1 radical (unpaired) electrons. The molecule has 1 aromatic heterocycles. The molecule has 0 atom stereocenters. The summed E-state index contributed by atoms with van der Waals surface area (Å²) >= 11 is 1.82. The Labute approximate surface area is 60.1 Å². The zero-order chi connectivity index (χ0) is 5.98. The zero-order valence-electron chi connectivity index (χ0n) is 3.86. The molecule has 8 heavy (non-hydrogen) atoms. The van der Waals surface area contributed by atoms with Crippen LogP contribution in [0.5, 0.6) is 0 Å². The van der Waals surface area contributed by atoms with Crippen molar-refractivity contribution >= 4 is 22.6 Å². The Hall–Kier alpha value is -0.190. The lowest BCUT2D eigenvalue weighted by Gasteiger charge is -1.86. The average molecular weight is 222 g/mol. The largest absolute Gasteiger partial charge is 0.247 e. The van der Waals surface area contributed by atoms with Crippen LogP contribution in [0.3, 0.4) is 0 Å². The minimum absolute atomic E-state index is 0.312. The van der Waals surface area contributed by atoms with Gasteiger partial charge in [0.2, 0.25) is 0 Å². The van der Waals surface area contributed by atoms with Crippen molar-refractivity contribution in [3.8, 4) is 0 Å². The molecule has 0 aromatic carbocycles. The van der Waals surface area contributed by atoms with Crippen molar-refractivity contribution < 1.29 is 4.39 Å². The first-order valence-electron chi connectivity index (χ1n) is 1.98. The average Bonchev–Trinajstić information content (AvgIpc) is 1.77. The quantitative estimate of drug-likeness (QED) is 0.480. The first kappa shape index (κ1) is 5.94. The molecule has 0 fully saturated rings. The van der Waals surface area contributed by atoms with Crippen LogP contribution in [-0.2, 0) is 0 Å². The van der Waals surface area contributed by atoms with E-state index in [-0.39, 0.29) is 5.82 Å². The van der Waals surface area contributed by atoms with E-state index in [2.05, 4.69) is 11.1 Å². The van der Waals surface area contributed by atoms with E-state index in [9.17, 15) is 4.39 Å². The normalized spacial score (nSPS) is 9.25. The molecule has 0 N–H and O–H groups in total. The Balaban J connectivity index is 3.13. The van der Waals surface area contributed by atoms with Gasteiger partial charge in [-0.1, -0.05) is 0 Å². The van der Waals surface area contributed by atoms with Crippen LogP contribution in [-0.4, -0.2) is 4.98 Å². The fourth-order valence-electron chi connectivity index (χ4n) is 0.326. The molecule has 1 heterocycles. The van der Waals surface area contributed by atoms with Gasteiger partial charge < -0.3 is 0 Å². The Morgan fingerprint density at radius 2 is 2.50 bits per heavy atom. The molecule has 41 valence electrons. The SMILES string of the molecule is Fc1c[c]cnc1I. The van der Waals surface area contributed by atoms with E-state index in [0.29, 0.717) is 3.70 Å². The lowest BCUT2D eigenvalue weighted by atomic mass is 10.5. The maximum atomic E-state index is 12.2. The topological polar surface area (TPSA) is 12.9 Å². The third kappa shape index (κ3) is 1.15. The highest BCUT2D eigenvalue weighted by Crippen LogP contribution is 2.03. The third-order valence-corrected chi connectivity index (χ3v) is 1.45. The molecule has 0 amide bonds. The van der Waals surface area contributed by atoms with Crippen LogP contribution in [0.1, 0.15) is 0 Å². The summed E-state index contributed by atoms with van der Waals surface area (Å²) in [5, 5.41) is 0. The molecule has 1 nitrogen and oxygen atoms in total. The summed E-state index contributed by atoms with van der Waals surface area (Å²) in [5.41, 5.74) is 0. The Morgan fingerprint density at radius 3 is 2.88 bits per heavy atom. The van der Waals surface area contributed by atoms with Crippen LogP contribution in [0.4, 0.5) is 4.39 Å². The van der Waals surface area contributed by atoms with Crippen LogP contribution >= 0.6 is 22.6 Å². The van der Waals surface area contributed by atoms with E-state index in [1.54, 1.807) is 0 Å². The van der Waals surface area contributed by atoms with Gasteiger partial charge in [-0.2, -0.15) is 0 Å². The molecule has 0 aliphatic rings. The number of hydrogen-bond acceptors (Lipinski definition) is 1. The monoisotopic (exact) mass is 222 g/mol. The third-order valence-electron chi connectivity index (χ3n) is 0.660. The Morgan fingerprint density at radius 1 is 1.75 bits per heavy atom. The summed E-state index contributed by atoms with van der Waals surface area (Å²) in [6.45, 7) is 0. The second-order valence-electron chi connectivity index (χ2n) is 1.21. The highest BCUT2D eigenvalue weighted by atomic mass is 127. The van der Waals surface area contributed by atoms with E-state index in [1.807, 2.05) is 22.6 Å². The minimum Gasteiger partial charge on any atom is -0.247 e. The van der Waals surface area contributed by atoms with Crippen molar-refractivity contribution in [2.24, 2.45) is 0 Å². The highest BCUT2D eigenvalue weighted by Gasteiger charge is 1.93. The molecule has 0 saturated heterocycles. The van der Waals surface area contributed by atoms with Gasteiger partial charge in [-0.3, -0.25) is 0 Å². The Kier molecular flexibility index (Phi) is 1.77. The van der Waals surface area contributed by atoms with Gasteiger partial charge in [-0.15, -0.1) is 0 Å². The molecular formula is C5H2FIN. The molecule has 0 spiro atoms. The molecule has 1 rings (SSSR count). The predicted molar refractivity (Wildman–Crippen MR) is 35.7 cm³/mol. The molecule has 0 saturated carbocycles. The molecule has 3 heteroatoms. The number of nitrogens with zero attached hydrogens (tertiary/aromatic N) is 1. The van der Waals surface area contributed by atoms with Crippen LogP contribution in [0.25, 0.3) is 0 Å². The summed E-state index contributed by atoms with van der Waals surface area (Å²) in [5.74, 6) is -0.312. The van der Waals surface area contributed by atoms with Gasteiger partial charge in [-0.25, -0.2) is 9.37 Å². The summed E-state index contributed by atoms with van der Waals surface area (Å²) in [4.78, 5) is 3.63. The molecule has 0 aliphatic carbocycles. The van der Waals surface area contributed by atoms with Crippen LogP contribution in [0.15, 0.2) is 12.3 Å². The lowest BCUT2D eigenvalue weighted by Crippen LogP contribution is -1.82. The first-order valence-corrected chi connectivity index (χ1v) is 3.05. The maximum absolute atomic E-state index is 12.2. The van der Waals surface area contributed by atoms with Crippen molar-refractivity contribution in [1.82, 2.24) is 4.98 Å². The standard InChI is InChI=1S/C5H2FIN/c6-4-2-1-3-8-5(4)7/h2-3H. The van der Waals surface area contributed by atoms with E-state index < -0.39 is 0 Å². The molecular weight excluding hydrogens is 220 g/mol. The summed E-state index contributed by atoms with van der Waals surface area (Å²) in [6, 6.07) is 3.77. The van der Waals surface area contributed by atoms with E-state index in [4.69, 9.17) is 0 Å². The summed E-state index contributed by atoms with van der Waals surface area (Å²) in [7, 11) is 0. The molecule has 0 unspecified atom stereocenters. The van der Waals surface area contributed by atoms with Crippen molar-refractivity contribution in [2.75, 3.05) is 0 Å². The van der Waals surface area contributed by atoms with Crippen molar-refractivity contribution in [3.63, 3.8) is 0 Å². The Bertz CT molecular complexity index is 169. The number of hydrogen-bond donors (Lipinski definition) is 0. The highest BCUT2D eigenvalue weighted by molar-refractivity contribution is 14.1. The van der Waals surface area contributed by atoms with Gasteiger partial charge in [-0.05, 0) is 28.7 Å². The van der Waals surface area contributed by atoms with E-state index in [0.717, 1.165) is 0 Å². The number of pyridine rings is 1. The summed E-state index contributed by atoms with van der Waals surface area (Å²) in [6.07, 6.45) is 1.44. The van der Waals surface area contributed by atoms with Crippen molar-refractivity contribution in [2.45, 2.75) is 0 Å². The smallest absolute Gasteiger partial charge is 0.155 e. The fourth-order valence-corrected chi connectivity index (χ4v) is 0.621. The van der Waals surface area contributed by atoms with Gasteiger partial charge in [0.05, 0.1) is 0 Å². The van der Waals surface area contributed by atoms with Crippen LogP contribution in [0.2, 0.25) is 0 Å². The van der Waals surface area contributed by atoms with E-state index in [1.165, 1.54) is 12.3 Å². The van der Waals surface area contributed by atoms with Crippen LogP contribution in [0, 0.1) is 15.6 Å². The summed E-state index contributed by atoms with van der Waals surface area (Å²) < 4.78 is 12.6. The first-order chi connectivity index (χ1) is 3.80. The number of halogens is 2. The number of aromatic nitrogens is 1. The second-order valence-corrected chi connectivity index (χ2v) is 2.23. The zero-order valence-corrected chi connectivity index (χ0v) is 6.02. The van der Waals surface area contributed by atoms with E-state index >= 15 is 0 Å². The fraction of sp³-hybridized carbons (Fsp3) is 0. The lowest BCUT2D eigenvalue weighted by molar-refractivity contribution is 0.611. The van der Waals surface area contributed by atoms with Gasteiger partial charge in [0.25, 0.3) is 0 Å². The predicted octanol–water partition coefficient (Wildman–Crippen LogP) is 1.63. The second kappa shape index (κ2) is 2.39. The molecule has 1 aromatic rings. The van der Waals surface area contributed by atoms with Gasteiger partial charge >= 0.3 is 0 Å². The van der Waals surface area contributed by atoms with Crippen LogP contribution < -0.4 is 0 Å². The van der Waals surface area contributed by atoms with Gasteiger partial charge in [0.1, 0.15) is 3.70 Å². The van der Waals surface area contributed by atoms with Crippen molar-refractivity contribution in [1.29, 1.82) is 0 Å². The van der Waals surface area contributed by atoms with Gasteiger partial charge in [0.15, 0.2) is 5.82 Å². The maximum Gasteiger partial charge on any atom is 0.155 e. The van der Waals surface area contributed by atoms with Gasteiger partial charge in [0, 0.05) is 12.3 Å². The molecule has 0 aliphatic heterocycles.